The van der Waals surface area contributed by atoms with Crippen molar-refractivity contribution in [2.45, 2.75) is 45.4 Å². The summed E-state index contributed by atoms with van der Waals surface area (Å²) in [4.78, 5) is 10.1. The van der Waals surface area contributed by atoms with Crippen LogP contribution in [0.5, 0.6) is 0 Å². The number of unbranched alkanes of at least 4 members (excludes halogenated alkanes) is 4. The predicted molar refractivity (Wildman–Crippen MR) is 59.3 cm³/mol. The zero-order chi connectivity index (χ0) is 10.6. The Balaban J connectivity index is 3.23. The van der Waals surface area contributed by atoms with Crippen LogP contribution in [0.25, 0.3) is 0 Å². The van der Waals surface area contributed by atoms with Gasteiger partial charge in [0.2, 0.25) is 0 Å². The molecule has 0 bridgehead atoms. The first-order chi connectivity index (χ1) is 6.77. The average molecular weight is 196 g/mol. The van der Waals surface area contributed by atoms with Gasteiger partial charge in [0.05, 0.1) is 0 Å². The van der Waals surface area contributed by atoms with E-state index < -0.39 is 5.97 Å². The van der Waals surface area contributed by atoms with Crippen molar-refractivity contribution in [2.24, 2.45) is 0 Å². The summed E-state index contributed by atoms with van der Waals surface area (Å²) in [6.45, 7) is 2.20. The Morgan fingerprint density at radius 2 is 1.93 bits per heavy atom. The number of allylic oxidation sites excluding steroid dienone is 3. The predicted octanol–water partition coefficient (Wildman–Crippen LogP) is 3.54. The molecule has 0 spiro atoms. The van der Waals surface area contributed by atoms with E-state index in [1.807, 2.05) is 6.08 Å². The summed E-state index contributed by atoms with van der Waals surface area (Å²) in [5.74, 6) is -0.874. The van der Waals surface area contributed by atoms with Crippen molar-refractivity contribution >= 4 is 5.97 Å². The first-order valence-corrected chi connectivity index (χ1v) is 5.31. The first kappa shape index (κ1) is 12.9. The van der Waals surface area contributed by atoms with Crippen LogP contribution in [-0.2, 0) is 4.79 Å². The SMILES string of the molecule is CCCCCC/C=C/C/C=C/C(=O)O. The van der Waals surface area contributed by atoms with Crippen LogP contribution in [0.2, 0.25) is 0 Å². The van der Waals surface area contributed by atoms with Crippen molar-refractivity contribution in [3.8, 4) is 0 Å². The van der Waals surface area contributed by atoms with Crippen molar-refractivity contribution in [2.75, 3.05) is 0 Å². The molecule has 0 aliphatic rings. The highest BCUT2D eigenvalue weighted by atomic mass is 16.4. The lowest BCUT2D eigenvalue weighted by molar-refractivity contribution is -0.131. The van der Waals surface area contributed by atoms with Gasteiger partial charge in [-0.25, -0.2) is 4.79 Å². The van der Waals surface area contributed by atoms with E-state index in [9.17, 15) is 4.79 Å². The smallest absolute Gasteiger partial charge is 0.327 e. The monoisotopic (exact) mass is 196 g/mol. The number of rotatable bonds is 8. The highest BCUT2D eigenvalue weighted by Gasteiger charge is 1.84. The molecule has 0 amide bonds. The molecule has 0 atom stereocenters. The Morgan fingerprint density at radius 1 is 1.14 bits per heavy atom. The van der Waals surface area contributed by atoms with Crippen LogP contribution in [-0.4, -0.2) is 11.1 Å². The lowest BCUT2D eigenvalue weighted by Crippen LogP contribution is -1.84. The molecule has 0 unspecified atom stereocenters. The Morgan fingerprint density at radius 3 is 2.57 bits per heavy atom. The molecule has 0 saturated heterocycles. The largest absolute Gasteiger partial charge is 0.478 e. The highest BCUT2D eigenvalue weighted by Crippen LogP contribution is 2.03. The molecule has 0 aromatic carbocycles. The first-order valence-electron chi connectivity index (χ1n) is 5.31. The van der Waals surface area contributed by atoms with Crippen LogP contribution < -0.4 is 0 Å². The van der Waals surface area contributed by atoms with E-state index in [4.69, 9.17) is 5.11 Å². The van der Waals surface area contributed by atoms with E-state index in [0.29, 0.717) is 0 Å². The second-order valence-corrected chi connectivity index (χ2v) is 3.30. The summed E-state index contributed by atoms with van der Waals surface area (Å²) in [6, 6.07) is 0. The maximum absolute atomic E-state index is 10.1. The Bertz CT molecular complexity index is 192. The third kappa shape index (κ3) is 11.0. The normalized spacial score (nSPS) is 11.5. The van der Waals surface area contributed by atoms with Gasteiger partial charge in [-0.1, -0.05) is 44.4 Å². The Kier molecular flexibility index (Phi) is 9.28. The van der Waals surface area contributed by atoms with Gasteiger partial charge in [0.15, 0.2) is 0 Å². The quantitative estimate of drug-likeness (QED) is 0.366. The minimum absolute atomic E-state index is 0.722. The molecular weight excluding hydrogens is 176 g/mol. The fraction of sp³-hybridized carbons (Fsp3) is 0.583. The zero-order valence-electron chi connectivity index (χ0n) is 8.91. The Labute approximate surface area is 86.3 Å². The third-order valence-electron chi connectivity index (χ3n) is 1.92. The molecule has 0 fully saturated rings. The topological polar surface area (TPSA) is 37.3 Å². The third-order valence-corrected chi connectivity index (χ3v) is 1.92. The van der Waals surface area contributed by atoms with Crippen molar-refractivity contribution in [1.29, 1.82) is 0 Å². The van der Waals surface area contributed by atoms with Crippen molar-refractivity contribution in [3.63, 3.8) is 0 Å². The number of aliphatic carboxylic acids is 1. The molecule has 0 heterocycles. The Hall–Kier alpha value is -1.05. The van der Waals surface area contributed by atoms with Crippen LogP contribution in [0, 0.1) is 0 Å². The maximum Gasteiger partial charge on any atom is 0.327 e. The van der Waals surface area contributed by atoms with Crippen LogP contribution in [0.15, 0.2) is 24.3 Å². The fourth-order valence-corrected chi connectivity index (χ4v) is 1.15. The summed E-state index contributed by atoms with van der Waals surface area (Å²) < 4.78 is 0. The van der Waals surface area contributed by atoms with E-state index >= 15 is 0 Å². The van der Waals surface area contributed by atoms with Gasteiger partial charge >= 0.3 is 5.97 Å². The van der Waals surface area contributed by atoms with Crippen LogP contribution >= 0.6 is 0 Å². The van der Waals surface area contributed by atoms with E-state index in [0.717, 1.165) is 12.8 Å². The van der Waals surface area contributed by atoms with E-state index in [-0.39, 0.29) is 0 Å². The molecule has 0 rings (SSSR count). The molecule has 0 saturated carbocycles. The number of carboxylic acid groups (broad SMARTS) is 1. The molecule has 0 aromatic heterocycles. The minimum atomic E-state index is -0.874. The molecule has 80 valence electrons. The van der Waals surface area contributed by atoms with Crippen LogP contribution in [0.1, 0.15) is 45.4 Å². The lowest BCUT2D eigenvalue weighted by Gasteiger charge is -1.93. The van der Waals surface area contributed by atoms with Gasteiger partial charge in [-0.3, -0.25) is 0 Å². The van der Waals surface area contributed by atoms with Crippen molar-refractivity contribution < 1.29 is 9.90 Å². The molecular formula is C12H20O2. The minimum Gasteiger partial charge on any atom is -0.478 e. The van der Waals surface area contributed by atoms with Gasteiger partial charge in [0.25, 0.3) is 0 Å². The number of carboxylic acids is 1. The van der Waals surface area contributed by atoms with Gasteiger partial charge < -0.3 is 5.11 Å². The molecule has 14 heavy (non-hydrogen) atoms. The summed E-state index contributed by atoms with van der Waals surface area (Å²) >= 11 is 0. The van der Waals surface area contributed by atoms with E-state index in [1.165, 1.54) is 31.8 Å². The number of hydrogen-bond acceptors (Lipinski definition) is 1. The van der Waals surface area contributed by atoms with E-state index in [1.54, 1.807) is 6.08 Å². The second kappa shape index (κ2) is 10.0. The van der Waals surface area contributed by atoms with Crippen LogP contribution in [0.3, 0.4) is 0 Å². The summed E-state index contributed by atoms with van der Waals surface area (Å²) in [5.41, 5.74) is 0. The molecule has 0 aliphatic carbocycles. The number of carbonyl (C=O) groups is 1. The van der Waals surface area contributed by atoms with Crippen molar-refractivity contribution in [3.05, 3.63) is 24.3 Å². The van der Waals surface area contributed by atoms with Gasteiger partial charge in [-0.05, 0) is 19.3 Å². The maximum atomic E-state index is 10.1. The summed E-state index contributed by atoms with van der Waals surface area (Å²) in [7, 11) is 0. The van der Waals surface area contributed by atoms with Gasteiger partial charge in [0, 0.05) is 6.08 Å². The summed E-state index contributed by atoms with van der Waals surface area (Å²) in [5, 5.41) is 8.30. The molecule has 1 N–H and O–H groups in total. The summed E-state index contributed by atoms with van der Waals surface area (Å²) in [6.07, 6.45) is 13.9. The standard InChI is InChI=1S/C12H20O2/c1-2-3-4-5-6-7-8-9-10-11-12(13)14/h7-8,10-11H,2-6,9H2,1H3,(H,13,14)/b8-7+,11-10+. The van der Waals surface area contributed by atoms with E-state index in [2.05, 4.69) is 13.0 Å². The van der Waals surface area contributed by atoms with Crippen molar-refractivity contribution in [1.82, 2.24) is 0 Å². The lowest BCUT2D eigenvalue weighted by atomic mass is 10.1. The molecule has 2 nitrogen and oxygen atoms in total. The van der Waals surface area contributed by atoms with Gasteiger partial charge in [-0.15, -0.1) is 0 Å². The average Bonchev–Trinajstić information content (AvgIpc) is 2.15. The van der Waals surface area contributed by atoms with Crippen LogP contribution in [0.4, 0.5) is 0 Å². The molecule has 0 aliphatic heterocycles. The van der Waals surface area contributed by atoms with Gasteiger partial charge in [0.1, 0.15) is 0 Å². The second-order valence-electron chi connectivity index (χ2n) is 3.30. The highest BCUT2D eigenvalue weighted by molar-refractivity contribution is 5.79. The fourth-order valence-electron chi connectivity index (χ4n) is 1.15. The number of hydrogen-bond donors (Lipinski definition) is 1. The zero-order valence-corrected chi connectivity index (χ0v) is 8.91. The molecule has 0 radical (unpaired) electrons. The molecule has 0 aromatic rings. The molecule has 2 heteroatoms. The van der Waals surface area contributed by atoms with Gasteiger partial charge in [-0.2, -0.15) is 0 Å².